The van der Waals surface area contributed by atoms with E-state index >= 15 is 0 Å². The maximum atomic E-state index is 12.0. The third-order valence-corrected chi connectivity index (χ3v) is 3.76. The van der Waals surface area contributed by atoms with Gasteiger partial charge in [0.2, 0.25) is 5.91 Å². The highest BCUT2D eigenvalue weighted by Crippen LogP contribution is 2.14. The van der Waals surface area contributed by atoms with E-state index in [0.29, 0.717) is 11.4 Å². The van der Waals surface area contributed by atoms with Crippen LogP contribution in [0.4, 0.5) is 0 Å². The zero-order chi connectivity index (χ0) is 15.8. The number of amides is 2. The molecule has 0 atom stereocenters. The standard InChI is InChI=1S/C14H20N2O4S/c1-4-7-16(9-13(18)20-3)12(17)8-15-14(19)11-6-5-10(2)21-11/h5-6H,4,7-9H2,1-3H3,(H,15,19). The van der Waals surface area contributed by atoms with Crippen molar-refractivity contribution in [2.24, 2.45) is 0 Å². The van der Waals surface area contributed by atoms with E-state index in [-0.39, 0.29) is 24.9 Å². The minimum atomic E-state index is -0.475. The molecule has 0 fully saturated rings. The molecule has 0 saturated heterocycles. The van der Waals surface area contributed by atoms with Crippen molar-refractivity contribution in [3.8, 4) is 0 Å². The lowest BCUT2D eigenvalue weighted by molar-refractivity contribution is -0.146. The smallest absolute Gasteiger partial charge is 0.325 e. The average Bonchev–Trinajstić information content (AvgIpc) is 2.90. The Bertz CT molecular complexity index is 513. The first-order valence-corrected chi connectivity index (χ1v) is 7.48. The molecule has 0 spiro atoms. The topological polar surface area (TPSA) is 75.7 Å². The first-order chi connectivity index (χ1) is 9.97. The van der Waals surface area contributed by atoms with Gasteiger partial charge in [-0.15, -0.1) is 11.3 Å². The molecule has 0 unspecified atom stereocenters. The van der Waals surface area contributed by atoms with Gasteiger partial charge in [0.05, 0.1) is 18.5 Å². The van der Waals surface area contributed by atoms with Crippen molar-refractivity contribution in [3.05, 3.63) is 21.9 Å². The molecular formula is C14H20N2O4S. The molecule has 0 aliphatic carbocycles. The number of methoxy groups -OCH3 is 1. The van der Waals surface area contributed by atoms with Crippen molar-refractivity contribution in [2.75, 3.05) is 26.7 Å². The van der Waals surface area contributed by atoms with E-state index < -0.39 is 5.97 Å². The monoisotopic (exact) mass is 312 g/mol. The first kappa shape index (κ1) is 17.2. The number of hydrogen-bond donors (Lipinski definition) is 1. The lowest BCUT2D eigenvalue weighted by Gasteiger charge is -2.20. The molecule has 2 amide bonds. The van der Waals surface area contributed by atoms with Crippen LogP contribution in [0.1, 0.15) is 27.9 Å². The van der Waals surface area contributed by atoms with Gasteiger partial charge in [-0.3, -0.25) is 14.4 Å². The van der Waals surface area contributed by atoms with Gasteiger partial charge in [-0.2, -0.15) is 0 Å². The van der Waals surface area contributed by atoms with E-state index in [1.807, 2.05) is 19.9 Å². The second-order valence-corrected chi connectivity index (χ2v) is 5.77. The lowest BCUT2D eigenvalue weighted by atomic mass is 10.3. The SMILES string of the molecule is CCCN(CC(=O)OC)C(=O)CNC(=O)c1ccc(C)s1. The second kappa shape index (κ2) is 8.41. The molecule has 1 aromatic rings. The third-order valence-electron chi connectivity index (χ3n) is 2.76. The molecule has 1 aromatic heterocycles. The summed E-state index contributed by atoms with van der Waals surface area (Å²) in [5.41, 5.74) is 0. The van der Waals surface area contributed by atoms with E-state index in [2.05, 4.69) is 10.1 Å². The van der Waals surface area contributed by atoms with Crippen LogP contribution in [0.3, 0.4) is 0 Å². The predicted molar refractivity (Wildman–Crippen MR) is 80.3 cm³/mol. The van der Waals surface area contributed by atoms with E-state index in [1.165, 1.54) is 23.3 Å². The summed E-state index contributed by atoms with van der Waals surface area (Å²) in [4.78, 5) is 38.1. The van der Waals surface area contributed by atoms with Gasteiger partial charge in [0, 0.05) is 11.4 Å². The van der Waals surface area contributed by atoms with Crippen molar-refractivity contribution in [1.29, 1.82) is 0 Å². The summed E-state index contributed by atoms with van der Waals surface area (Å²) in [6.45, 7) is 4.03. The van der Waals surface area contributed by atoms with Crippen LogP contribution in [-0.4, -0.2) is 49.4 Å². The molecule has 1 heterocycles. The summed E-state index contributed by atoms with van der Waals surface area (Å²) in [7, 11) is 1.28. The molecule has 116 valence electrons. The van der Waals surface area contributed by atoms with Crippen LogP contribution in [0.2, 0.25) is 0 Å². The van der Waals surface area contributed by atoms with Crippen molar-refractivity contribution in [2.45, 2.75) is 20.3 Å². The molecule has 7 heteroatoms. The van der Waals surface area contributed by atoms with Crippen molar-refractivity contribution >= 4 is 29.1 Å². The van der Waals surface area contributed by atoms with Gasteiger partial charge in [-0.05, 0) is 25.5 Å². The zero-order valence-corrected chi connectivity index (χ0v) is 13.3. The molecule has 21 heavy (non-hydrogen) atoms. The molecule has 0 bridgehead atoms. The number of carbonyl (C=O) groups excluding carboxylic acids is 3. The number of nitrogens with one attached hydrogen (secondary N) is 1. The van der Waals surface area contributed by atoms with E-state index in [4.69, 9.17) is 0 Å². The summed E-state index contributed by atoms with van der Waals surface area (Å²) < 4.78 is 4.56. The average molecular weight is 312 g/mol. The molecule has 6 nitrogen and oxygen atoms in total. The number of esters is 1. The molecule has 0 aromatic carbocycles. The van der Waals surface area contributed by atoms with Gasteiger partial charge < -0.3 is 15.0 Å². The van der Waals surface area contributed by atoms with E-state index in [0.717, 1.165) is 11.3 Å². The Labute approximate surface area is 128 Å². The quantitative estimate of drug-likeness (QED) is 0.768. The molecule has 1 N–H and O–H groups in total. The zero-order valence-electron chi connectivity index (χ0n) is 12.5. The third kappa shape index (κ3) is 5.55. The Balaban J connectivity index is 2.53. The minimum Gasteiger partial charge on any atom is -0.468 e. The summed E-state index contributed by atoms with van der Waals surface area (Å²) in [5.74, 6) is -1.06. The number of nitrogens with zero attached hydrogens (tertiary/aromatic N) is 1. The normalized spacial score (nSPS) is 10.0. The highest BCUT2D eigenvalue weighted by molar-refractivity contribution is 7.13. The fourth-order valence-electron chi connectivity index (χ4n) is 1.69. The number of rotatable bonds is 7. The van der Waals surface area contributed by atoms with Gasteiger partial charge in [0.1, 0.15) is 6.54 Å². The highest BCUT2D eigenvalue weighted by Gasteiger charge is 2.18. The number of ether oxygens (including phenoxy) is 1. The number of aryl methyl sites for hydroxylation is 1. The summed E-state index contributed by atoms with van der Waals surface area (Å²) in [6, 6.07) is 3.57. The van der Waals surface area contributed by atoms with Crippen molar-refractivity contribution < 1.29 is 19.1 Å². The molecule has 1 rings (SSSR count). The van der Waals surface area contributed by atoms with Crippen molar-refractivity contribution in [3.63, 3.8) is 0 Å². The summed E-state index contributed by atoms with van der Waals surface area (Å²) in [6.07, 6.45) is 0.723. The lowest BCUT2D eigenvalue weighted by Crippen LogP contribution is -2.43. The van der Waals surface area contributed by atoms with Crippen LogP contribution < -0.4 is 5.32 Å². The first-order valence-electron chi connectivity index (χ1n) is 6.67. The maximum Gasteiger partial charge on any atom is 0.325 e. The highest BCUT2D eigenvalue weighted by atomic mass is 32.1. The Morgan fingerprint density at radius 3 is 2.57 bits per heavy atom. The second-order valence-electron chi connectivity index (χ2n) is 4.48. The van der Waals surface area contributed by atoms with Gasteiger partial charge in [0.25, 0.3) is 5.91 Å². The van der Waals surface area contributed by atoms with Crippen LogP contribution >= 0.6 is 11.3 Å². The molecular weight excluding hydrogens is 292 g/mol. The largest absolute Gasteiger partial charge is 0.468 e. The Morgan fingerprint density at radius 2 is 2.05 bits per heavy atom. The fraction of sp³-hybridized carbons (Fsp3) is 0.500. The number of carbonyl (C=O) groups is 3. The van der Waals surface area contributed by atoms with Gasteiger partial charge in [-0.1, -0.05) is 6.92 Å². The van der Waals surface area contributed by atoms with Crippen LogP contribution in [-0.2, 0) is 14.3 Å². The van der Waals surface area contributed by atoms with Crippen LogP contribution in [0.15, 0.2) is 12.1 Å². The van der Waals surface area contributed by atoms with Crippen LogP contribution in [0.5, 0.6) is 0 Å². The van der Waals surface area contributed by atoms with E-state index in [9.17, 15) is 14.4 Å². The summed E-state index contributed by atoms with van der Waals surface area (Å²) in [5, 5.41) is 2.57. The minimum absolute atomic E-state index is 0.100. The van der Waals surface area contributed by atoms with Gasteiger partial charge in [0.15, 0.2) is 0 Å². The molecule has 0 radical (unpaired) electrons. The van der Waals surface area contributed by atoms with Gasteiger partial charge in [-0.25, -0.2) is 0 Å². The predicted octanol–water partition coefficient (Wildman–Crippen LogP) is 1.20. The van der Waals surface area contributed by atoms with Crippen LogP contribution in [0, 0.1) is 6.92 Å². The Morgan fingerprint density at radius 1 is 1.33 bits per heavy atom. The Hall–Kier alpha value is -1.89. The van der Waals surface area contributed by atoms with Gasteiger partial charge >= 0.3 is 5.97 Å². The number of hydrogen-bond acceptors (Lipinski definition) is 5. The molecule has 0 aliphatic rings. The van der Waals surface area contributed by atoms with Crippen molar-refractivity contribution in [1.82, 2.24) is 10.2 Å². The molecule has 0 aliphatic heterocycles. The maximum absolute atomic E-state index is 12.0. The van der Waals surface area contributed by atoms with E-state index in [1.54, 1.807) is 6.07 Å². The Kier molecular flexibility index (Phi) is 6.87. The van der Waals surface area contributed by atoms with Crippen LogP contribution in [0.25, 0.3) is 0 Å². The fourth-order valence-corrected chi connectivity index (χ4v) is 2.48. The molecule has 0 saturated carbocycles. The number of thiophene rings is 1. The summed E-state index contributed by atoms with van der Waals surface area (Å²) >= 11 is 1.37.